The third kappa shape index (κ3) is 7.31. The van der Waals surface area contributed by atoms with Gasteiger partial charge in [0.1, 0.15) is 24.4 Å². The lowest BCUT2D eigenvalue weighted by Gasteiger charge is -2.22. The van der Waals surface area contributed by atoms with Crippen LogP contribution in [0.5, 0.6) is 5.75 Å². The molecule has 0 aliphatic heterocycles. The van der Waals surface area contributed by atoms with E-state index in [1.807, 2.05) is 0 Å². The van der Waals surface area contributed by atoms with Crippen LogP contribution in [0.1, 0.15) is 25.8 Å². The summed E-state index contributed by atoms with van der Waals surface area (Å²) in [5, 5.41) is 11.3. The maximum Gasteiger partial charge on any atom is 0.305 e. The van der Waals surface area contributed by atoms with Crippen molar-refractivity contribution in [1.82, 2.24) is 9.88 Å². The second kappa shape index (κ2) is 13.3. The number of pyridine rings is 1. The van der Waals surface area contributed by atoms with E-state index in [2.05, 4.69) is 14.8 Å². The SMILES string of the molecule is CC[C@@H](C(=O)NC(CC(=O)O)C(=O)COc1c(F)c(F)cc(F)c1F)n1cccc(NS(=O)(=O)c2ccccc2)c1=O. The van der Waals surface area contributed by atoms with E-state index in [1.54, 1.807) is 6.07 Å². The van der Waals surface area contributed by atoms with Crippen molar-refractivity contribution in [3.05, 3.63) is 88.4 Å². The van der Waals surface area contributed by atoms with Crippen molar-refractivity contribution in [3.8, 4) is 5.75 Å². The van der Waals surface area contributed by atoms with Crippen molar-refractivity contribution in [2.24, 2.45) is 0 Å². The van der Waals surface area contributed by atoms with Gasteiger partial charge in [-0.3, -0.25) is 23.9 Å². The highest BCUT2D eigenvalue weighted by Crippen LogP contribution is 2.26. The number of rotatable bonds is 13. The van der Waals surface area contributed by atoms with E-state index in [1.165, 1.54) is 37.3 Å². The minimum Gasteiger partial charge on any atom is -0.481 e. The van der Waals surface area contributed by atoms with E-state index in [-0.39, 0.29) is 17.4 Å². The normalized spacial score (nSPS) is 12.7. The minimum atomic E-state index is -4.18. The molecule has 1 amide bonds. The zero-order chi connectivity index (χ0) is 31.2. The Morgan fingerprint density at radius 2 is 1.62 bits per heavy atom. The van der Waals surface area contributed by atoms with Crippen LogP contribution in [0.15, 0.2) is 64.4 Å². The Balaban J connectivity index is 1.82. The van der Waals surface area contributed by atoms with Gasteiger partial charge in [-0.25, -0.2) is 17.2 Å². The van der Waals surface area contributed by atoms with E-state index in [9.17, 15) is 50.3 Å². The summed E-state index contributed by atoms with van der Waals surface area (Å²) in [6.45, 7) is 0.182. The minimum absolute atomic E-state index is 0.0821. The number of carbonyl (C=O) groups excluding carboxylic acids is 2. The molecule has 0 fully saturated rings. The Morgan fingerprint density at radius 1 is 1.00 bits per heavy atom. The number of Topliss-reactive ketones (excluding diaryl/α,β-unsaturated/α-hetero) is 1. The van der Waals surface area contributed by atoms with Crippen LogP contribution in [0.25, 0.3) is 0 Å². The average molecular weight is 614 g/mol. The molecule has 0 saturated carbocycles. The van der Waals surface area contributed by atoms with Crippen LogP contribution >= 0.6 is 0 Å². The molecular formula is C26H23F4N3O8S. The Labute approximate surface area is 235 Å². The smallest absolute Gasteiger partial charge is 0.305 e. The Kier molecular flexibility index (Phi) is 10.1. The fourth-order valence-corrected chi connectivity index (χ4v) is 4.83. The molecule has 42 heavy (non-hydrogen) atoms. The number of carboxylic acids is 1. The van der Waals surface area contributed by atoms with Gasteiger partial charge in [-0.2, -0.15) is 8.78 Å². The summed E-state index contributed by atoms with van der Waals surface area (Å²) >= 11 is 0. The number of hydrogen-bond donors (Lipinski definition) is 3. The topological polar surface area (TPSA) is 161 Å². The van der Waals surface area contributed by atoms with Gasteiger partial charge < -0.3 is 19.7 Å². The van der Waals surface area contributed by atoms with Gasteiger partial charge in [0.25, 0.3) is 15.6 Å². The number of nitrogens with one attached hydrogen (secondary N) is 2. The van der Waals surface area contributed by atoms with Crippen LogP contribution in [-0.4, -0.2) is 48.4 Å². The number of amides is 1. The number of anilines is 1. The van der Waals surface area contributed by atoms with Gasteiger partial charge in [0, 0.05) is 12.3 Å². The van der Waals surface area contributed by atoms with Gasteiger partial charge in [-0.1, -0.05) is 25.1 Å². The first-order valence-corrected chi connectivity index (χ1v) is 13.5. The van der Waals surface area contributed by atoms with Crippen molar-refractivity contribution < 1.29 is 50.2 Å². The molecule has 16 heteroatoms. The predicted molar refractivity (Wildman–Crippen MR) is 138 cm³/mol. The first kappa shape index (κ1) is 31.8. The summed E-state index contributed by atoms with van der Waals surface area (Å²) in [5.41, 5.74) is -1.35. The summed E-state index contributed by atoms with van der Waals surface area (Å²) in [4.78, 5) is 50.1. The Hall–Kier alpha value is -4.73. The van der Waals surface area contributed by atoms with Crippen LogP contribution in [-0.2, 0) is 24.4 Å². The van der Waals surface area contributed by atoms with E-state index in [0.717, 1.165) is 16.8 Å². The van der Waals surface area contributed by atoms with Crippen molar-refractivity contribution >= 4 is 33.4 Å². The van der Waals surface area contributed by atoms with E-state index >= 15 is 0 Å². The molecule has 3 aromatic rings. The van der Waals surface area contributed by atoms with Gasteiger partial charge in [0.15, 0.2) is 23.2 Å². The summed E-state index contributed by atoms with van der Waals surface area (Å²) in [7, 11) is -4.18. The number of halogens is 4. The van der Waals surface area contributed by atoms with Crippen molar-refractivity contribution in [1.29, 1.82) is 0 Å². The molecule has 3 rings (SSSR count). The second-order valence-corrected chi connectivity index (χ2v) is 10.4. The lowest BCUT2D eigenvalue weighted by atomic mass is 10.1. The van der Waals surface area contributed by atoms with E-state index < -0.39 is 93.1 Å². The maximum absolute atomic E-state index is 13.9. The Morgan fingerprint density at radius 3 is 2.19 bits per heavy atom. The van der Waals surface area contributed by atoms with Crippen LogP contribution in [0.2, 0.25) is 0 Å². The van der Waals surface area contributed by atoms with Gasteiger partial charge in [-0.15, -0.1) is 0 Å². The number of aromatic nitrogens is 1. The second-order valence-electron chi connectivity index (χ2n) is 8.69. The number of ketones is 1. The molecule has 2 atom stereocenters. The number of hydrogen-bond acceptors (Lipinski definition) is 7. The number of benzene rings is 2. The summed E-state index contributed by atoms with van der Waals surface area (Å²) in [5.74, 6) is -12.9. The van der Waals surface area contributed by atoms with E-state index in [0.29, 0.717) is 0 Å². The number of carboxylic acid groups (broad SMARTS) is 1. The van der Waals surface area contributed by atoms with Crippen LogP contribution in [0, 0.1) is 23.3 Å². The highest BCUT2D eigenvalue weighted by Gasteiger charge is 2.30. The fraction of sp³-hybridized carbons (Fsp3) is 0.231. The molecule has 0 radical (unpaired) electrons. The largest absolute Gasteiger partial charge is 0.481 e. The third-order valence-electron chi connectivity index (χ3n) is 5.81. The molecule has 0 aliphatic carbocycles. The Bertz CT molecular complexity index is 1640. The van der Waals surface area contributed by atoms with Crippen LogP contribution in [0.4, 0.5) is 23.2 Å². The van der Waals surface area contributed by atoms with Gasteiger partial charge in [0.2, 0.25) is 17.5 Å². The van der Waals surface area contributed by atoms with E-state index in [4.69, 9.17) is 0 Å². The highest BCUT2D eigenvalue weighted by atomic mass is 32.2. The van der Waals surface area contributed by atoms with Gasteiger partial charge in [-0.05, 0) is 30.7 Å². The first-order chi connectivity index (χ1) is 19.8. The average Bonchev–Trinajstić information content (AvgIpc) is 2.94. The predicted octanol–water partition coefficient (Wildman–Crippen LogP) is 2.76. The van der Waals surface area contributed by atoms with Crippen molar-refractivity contribution in [3.63, 3.8) is 0 Å². The maximum atomic E-state index is 13.9. The molecule has 2 aromatic carbocycles. The molecule has 1 heterocycles. The fourth-order valence-electron chi connectivity index (χ4n) is 3.75. The third-order valence-corrected chi connectivity index (χ3v) is 7.19. The zero-order valence-electron chi connectivity index (χ0n) is 21.6. The van der Waals surface area contributed by atoms with Gasteiger partial charge in [0.05, 0.1) is 11.3 Å². The molecule has 3 N–H and O–H groups in total. The van der Waals surface area contributed by atoms with Crippen LogP contribution in [0.3, 0.4) is 0 Å². The zero-order valence-corrected chi connectivity index (χ0v) is 22.5. The molecule has 0 bridgehead atoms. The molecule has 0 spiro atoms. The highest BCUT2D eigenvalue weighted by molar-refractivity contribution is 7.92. The quantitative estimate of drug-likeness (QED) is 0.196. The lowest BCUT2D eigenvalue weighted by molar-refractivity contribution is -0.140. The molecule has 1 unspecified atom stereocenters. The summed E-state index contributed by atoms with van der Waals surface area (Å²) in [6.07, 6.45) is 0.0420. The summed E-state index contributed by atoms with van der Waals surface area (Å²) < 4.78 is 87.5. The van der Waals surface area contributed by atoms with Gasteiger partial charge >= 0.3 is 5.97 Å². The number of carbonyl (C=O) groups is 3. The monoisotopic (exact) mass is 613 g/mol. The van der Waals surface area contributed by atoms with Crippen molar-refractivity contribution in [2.75, 3.05) is 11.3 Å². The molecule has 224 valence electrons. The number of sulfonamides is 1. The number of ether oxygens (including phenoxy) is 1. The first-order valence-electron chi connectivity index (χ1n) is 12.1. The number of nitrogens with zero attached hydrogens (tertiary/aromatic N) is 1. The lowest BCUT2D eigenvalue weighted by Crippen LogP contribution is -2.48. The van der Waals surface area contributed by atoms with Crippen molar-refractivity contribution in [2.45, 2.75) is 36.7 Å². The molecule has 11 nitrogen and oxygen atoms in total. The molecular weight excluding hydrogens is 590 g/mol. The molecule has 0 saturated heterocycles. The molecule has 0 aliphatic rings. The number of aliphatic carboxylic acids is 1. The summed E-state index contributed by atoms with van der Waals surface area (Å²) in [6, 6.07) is 6.23. The standard InChI is InChI=1S/C26H23F4N3O8S/c1-2-19(33-10-6-9-17(26(33)38)32-42(39,40)14-7-4-3-5-8-14)25(37)31-18(12-21(35)36)20(34)13-41-24-22(29)15(27)11-16(28)23(24)30/h3-11,18-19,32H,2,12-13H2,1H3,(H,31,37)(H,35,36)/t18?,19-/m0/s1. The van der Waals surface area contributed by atoms with Crippen LogP contribution < -0.4 is 20.3 Å². The molecule has 1 aromatic heterocycles.